The van der Waals surface area contributed by atoms with E-state index < -0.39 is 0 Å². The Morgan fingerprint density at radius 3 is 2.68 bits per heavy atom. The third-order valence-corrected chi connectivity index (χ3v) is 5.22. The van der Waals surface area contributed by atoms with Gasteiger partial charge in [0, 0.05) is 28.0 Å². The molecule has 0 aliphatic carbocycles. The van der Waals surface area contributed by atoms with Gasteiger partial charge in [-0.3, -0.25) is 4.79 Å². The Bertz CT molecular complexity index is 1070. The van der Waals surface area contributed by atoms with E-state index in [2.05, 4.69) is 59.8 Å². The number of hydrogen-bond donors (Lipinski definition) is 1. The first-order valence-corrected chi connectivity index (χ1v) is 10.1. The quantitative estimate of drug-likeness (QED) is 0.583. The van der Waals surface area contributed by atoms with Crippen LogP contribution < -0.4 is 5.32 Å². The van der Waals surface area contributed by atoms with E-state index in [1.54, 1.807) is 18.2 Å². The molecule has 3 aromatic rings. The number of aromatic nitrogens is 1. The highest BCUT2D eigenvalue weighted by Gasteiger charge is 2.07. The number of rotatable bonds is 5. The topological polar surface area (TPSA) is 34.0 Å². The van der Waals surface area contributed by atoms with Crippen LogP contribution >= 0.6 is 11.6 Å². The average Bonchev–Trinajstić information content (AvgIpc) is 3.04. The monoisotopic (exact) mass is 392 g/mol. The minimum atomic E-state index is -0.144. The molecule has 0 bridgehead atoms. The van der Waals surface area contributed by atoms with Crippen molar-refractivity contribution in [1.82, 2.24) is 9.88 Å². The summed E-state index contributed by atoms with van der Waals surface area (Å²) in [5.41, 5.74) is 5.01. The molecule has 3 nitrogen and oxygen atoms in total. The van der Waals surface area contributed by atoms with Gasteiger partial charge in [0.15, 0.2) is 0 Å². The van der Waals surface area contributed by atoms with Gasteiger partial charge in [-0.2, -0.15) is 0 Å². The summed E-state index contributed by atoms with van der Waals surface area (Å²) in [6.45, 7) is 7.35. The van der Waals surface area contributed by atoms with Crippen molar-refractivity contribution in [3.8, 4) is 11.8 Å². The summed E-state index contributed by atoms with van der Waals surface area (Å²) >= 11 is 6.01. The number of benzene rings is 2. The molecule has 3 rings (SSSR count). The van der Waals surface area contributed by atoms with Crippen molar-refractivity contribution in [1.29, 1.82) is 0 Å². The Kier molecular flexibility index (Phi) is 6.44. The average molecular weight is 393 g/mol. The zero-order valence-electron chi connectivity index (χ0n) is 16.6. The fourth-order valence-corrected chi connectivity index (χ4v) is 3.47. The van der Waals surface area contributed by atoms with Gasteiger partial charge < -0.3 is 9.88 Å². The maximum Gasteiger partial charge on any atom is 0.252 e. The predicted octanol–water partition coefficient (Wildman–Crippen LogP) is 5.36. The van der Waals surface area contributed by atoms with E-state index in [9.17, 15) is 4.79 Å². The highest BCUT2D eigenvalue weighted by atomic mass is 35.5. The van der Waals surface area contributed by atoms with Gasteiger partial charge in [-0.05, 0) is 73.7 Å². The lowest BCUT2D eigenvalue weighted by atomic mass is 10.1. The van der Waals surface area contributed by atoms with E-state index in [1.807, 2.05) is 6.92 Å². The third-order valence-electron chi connectivity index (χ3n) is 4.79. The van der Waals surface area contributed by atoms with Crippen LogP contribution in [0.2, 0.25) is 5.02 Å². The van der Waals surface area contributed by atoms with Crippen LogP contribution in [0.4, 0.5) is 0 Å². The SMILES string of the molecule is CCCc1ccc2c(c1)cc(C#CCNC(=O)c1ccc(Cl)c(C)c1)n2CC. The van der Waals surface area contributed by atoms with E-state index in [4.69, 9.17) is 11.6 Å². The predicted molar refractivity (Wildman–Crippen MR) is 117 cm³/mol. The van der Waals surface area contributed by atoms with E-state index >= 15 is 0 Å². The van der Waals surface area contributed by atoms with Crippen LogP contribution in [0.5, 0.6) is 0 Å². The molecule has 0 saturated heterocycles. The summed E-state index contributed by atoms with van der Waals surface area (Å²) in [7, 11) is 0. The van der Waals surface area contributed by atoms with Crippen LogP contribution in [0, 0.1) is 18.8 Å². The lowest BCUT2D eigenvalue weighted by molar-refractivity contribution is 0.0958. The fourth-order valence-electron chi connectivity index (χ4n) is 3.36. The number of carbonyl (C=O) groups is 1. The number of carbonyl (C=O) groups excluding carboxylic acids is 1. The molecule has 1 heterocycles. The van der Waals surface area contributed by atoms with Crippen LogP contribution in [0.25, 0.3) is 10.9 Å². The first-order chi connectivity index (χ1) is 13.5. The molecule has 1 N–H and O–H groups in total. The maximum atomic E-state index is 12.3. The van der Waals surface area contributed by atoms with Crippen LogP contribution in [-0.4, -0.2) is 17.0 Å². The summed E-state index contributed by atoms with van der Waals surface area (Å²) in [5.74, 6) is 6.14. The van der Waals surface area contributed by atoms with Gasteiger partial charge in [0.25, 0.3) is 5.91 Å². The van der Waals surface area contributed by atoms with E-state index in [0.29, 0.717) is 17.1 Å². The number of fused-ring (bicyclic) bond motifs is 1. The largest absolute Gasteiger partial charge is 0.341 e. The molecule has 0 radical (unpaired) electrons. The molecule has 0 unspecified atom stereocenters. The second kappa shape index (κ2) is 8.99. The summed E-state index contributed by atoms with van der Waals surface area (Å²) in [5, 5.41) is 4.73. The number of hydrogen-bond acceptors (Lipinski definition) is 1. The molecule has 144 valence electrons. The van der Waals surface area contributed by atoms with Crippen molar-refractivity contribution < 1.29 is 4.79 Å². The molecular formula is C24H25ClN2O. The molecule has 0 aliphatic rings. The first-order valence-electron chi connectivity index (χ1n) is 9.68. The molecule has 2 aromatic carbocycles. The van der Waals surface area contributed by atoms with Crippen molar-refractivity contribution in [3.05, 3.63) is 69.9 Å². The number of nitrogens with zero attached hydrogens (tertiary/aromatic N) is 1. The Morgan fingerprint density at radius 1 is 1.14 bits per heavy atom. The highest BCUT2D eigenvalue weighted by molar-refractivity contribution is 6.31. The zero-order chi connectivity index (χ0) is 20.1. The minimum absolute atomic E-state index is 0.144. The van der Waals surface area contributed by atoms with E-state index in [0.717, 1.165) is 30.6 Å². The highest BCUT2D eigenvalue weighted by Crippen LogP contribution is 2.22. The number of amides is 1. The Labute approximate surface area is 171 Å². The van der Waals surface area contributed by atoms with Crippen molar-refractivity contribution in [2.24, 2.45) is 0 Å². The van der Waals surface area contributed by atoms with Crippen molar-refractivity contribution >= 4 is 28.4 Å². The molecule has 28 heavy (non-hydrogen) atoms. The van der Waals surface area contributed by atoms with E-state index in [1.165, 1.54) is 16.5 Å². The summed E-state index contributed by atoms with van der Waals surface area (Å²) in [6.07, 6.45) is 2.23. The fraction of sp³-hybridized carbons (Fsp3) is 0.292. The molecule has 1 amide bonds. The molecule has 4 heteroatoms. The zero-order valence-corrected chi connectivity index (χ0v) is 17.4. The van der Waals surface area contributed by atoms with Crippen LogP contribution in [0.3, 0.4) is 0 Å². The molecule has 0 atom stereocenters. The van der Waals surface area contributed by atoms with Gasteiger partial charge in [0.2, 0.25) is 0 Å². The second-order valence-corrected chi connectivity index (χ2v) is 7.27. The standard InChI is InChI=1S/C24H25ClN2O/c1-4-7-18-9-12-23-20(15-18)16-21(27(23)5-2)8-6-13-26-24(28)19-10-11-22(25)17(3)14-19/h9-12,14-16H,4-5,7,13H2,1-3H3,(H,26,28). The number of halogens is 1. The molecule has 0 saturated carbocycles. The Hall–Kier alpha value is -2.70. The van der Waals surface area contributed by atoms with Gasteiger partial charge in [0.1, 0.15) is 0 Å². The lowest BCUT2D eigenvalue weighted by Crippen LogP contribution is -2.23. The normalized spacial score (nSPS) is 10.6. The Morgan fingerprint density at radius 2 is 1.96 bits per heavy atom. The van der Waals surface area contributed by atoms with Gasteiger partial charge >= 0.3 is 0 Å². The number of nitrogens with one attached hydrogen (secondary N) is 1. The van der Waals surface area contributed by atoms with Crippen molar-refractivity contribution in [3.63, 3.8) is 0 Å². The Balaban J connectivity index is 1.73. The van der Waals surface area contributed by atoms with E-state index in [-0.39, 0.29) is 5.91 Å². The van der Waals surface area contributed by atoms with Gasteiger partial charge in [-0.25, -0.2) is 0 Å². The molecular weight excluding hydrogens is 368 g/mol. The summed E-state index contributed by atoms with van der Waals surface area (Å²) < 4.78 is 2.21. The van der Waals surface area contributed by atoms with Gasteiger partial charge in [-0.1, -0.05) is 36.9 Å². The summed E-state index contributed by atoms with van der Waals surface area (Å²) in [4.78, 5) is 12.3. The van der Waals surface area contributed by atoms with Crippen LogP contribution in [-0.2, 0) is 13.0 Å². The molecule has 0 fully saturated rings. The second-order valence-electron chi connectivity index (χ2n) is 6.87. The van der Waals surface area contributed by atoms with Gasteiger partial charge in [-0.15, -0.1) is 0 Å². The lowest BCUT2D eigenvalue weighted by Gasteiger charge is -2.05. The first kappa shape index (κ1) is 20.0. The van der Waals surface area contributed by atoms with Crippen LogP contribution in [0.15, 0.2) is 42.5 Å². The van der Waals surface area contributed by atoms with Crippen molar-refractivity contribution in [2.45, 2.75) is 40.2 Å². The molecule has 1 aromatic heterocycles. The molecule has 0 aliphatic heterocycles. The summed E-state index contributed by atoms with van der Waals surface area (Å²) in [6, 6.07) is 14.0. The van der Waals surface area contributed by atoms with Gasteiger partial charge in [0.05, 0.1) is 12.2 Å². The third kappa shape index (κ3) is 4.40. The number of aryl methyl sites for hydroxylation is 3. The van der Waals surface area contributed by atoms with Crippen molar-refractivity contribution in [2.75, 3.05) is 6.54 Å². The minimum Gasteiger partial charge on any atom is -0.341 e. The maximum absolute atomic E-state index is 12.3. The smallest absolute Gasteiger partial charge is 0.252 e. The molecule has 0 spiro atoms. The van der Waals surface area contributed by atoms with Crippen LogP contribution in [0.1, 0.15) is 47.4 Å².